The lowest BCUT2D eigenvalue weighted by Gasteiger charge is -2.28. The second-order valence-electron chi connectivity index (χ2n) is 5.21. The first-order valence-corrected chi connectivity index (χ1v) is 7.05. The molecule has 2 rings (SSSR count). The van der Waals surface area contributed by atoms with E-state index in [9.17, 15) is 5.11 Å². The number of aliphatic hydroxyl groups excluding tert-OH is 1. The molecule has 0 bridgehead atoms. The standard InChI is InChI=1S/C16H23N3O/c1-14(8-11-20)19(12-15-6-4-3-5-7-15)13-16-17-9-10-18(16)2/h3-7,9-10,14,20H,8,11-13H2,1-2H3. The van der Waals surface area contributed by atoms with Gasteiger partial charge < -0.3 is 9.67 Å². The summed E-state index contributed by atoms with van der Waals surface area (Å²) < 4.78 is 2.05. The molecule has 1 aromatic heterocycles. The molecule has 1 N–H and O–H groups in total. The highest BCUT2D eigenvalue weighted by molar-refractivity contribution is 5.14. The molecule has 108 valence electrons. The molecule has 0 radical (unpaired) electrons. The van der Waals surface area contributed by atoms with E-state index in [-0.39, 0.29) is 6.61 Å². The van der Waals surface area contributed by atoms with Crippen molar-refractivity contribution in [1.29, 1.82) is 0 Å². The van der Waals surface area contributed by atoms with E-state index >= 15 is 0 Å². The summed E-state index contributed by atoms with van der Waals surface area (Å²) in [5, 5.41) is 9.18. The lowest BCUT2D eigenvalue weighted by atomic mass is 10.1. The Balaban J connectivity index is 2.10. The van der Waals surface area contributed by atoms with Crippen LogP contribution in [0.1, 0.15) is 24.7 Å². The van der Waals surface area contributed by atoms with E-state index in [1.807, 2.05) is 30.1 Å². The van der Waals surface area contributed by atoms with Crippen LogP contribution < -0.4 is 0 Å². The first-order valence-electron chi connectivity index (χ1n) is 7.05. The highest BCUT2D eigenvalue weighted by atomic mass is 16.3. The minimum Gasteiger partial charge on any atom is -0.396 e. The summed E-state index contributed by atoms with van der Waals surface area (Å²) >= 11 is 0. The van der Waals surface area contributed by atoms with Crippen LogP contribution >= 0.6 is 0 Å². The first kappa shape index (κ1) is 14.8. The van der Waals surface area contributed by atoms with Gasteiger partial charge in [0.1, 0.15) is 5.82 Å². The Morgan fingerprint density at radius 1 is 1.25 bits per heavy atom. The fourth-order valence-corrected chi connectivity index (χ4v) is 2.29. The van der Waals surface area contributed by atoms with Gasteiger partial charge in [-0.2, -0.15) is 0 Å². The fraction of sp³-hybridized carbons (Fsp3) is 0.438. The van der Waals surface area contributed by atoms with Crippen molar-refractivity contribution in [3.8, 4) is 0 Å². The Morgan fingerprint density at radius 3 is 2.60 bits per heavy atom. The molecule has 0 aliphatic rings. The number of nitrogens with zero attached hydrogens (tertiary/aromatic N) is 3. The van der Waals surface area contributed by atoms with E-state index in [1.165, 1.54) is 5.56 Å². The lowest BCUT2D eigenvalue weighted by Crippen LogP contribution is -2.33. The van der Waals surface area contributed by atoms with Crippen molar-refractivity contribution >= 4 is 0 Å². The van der Waals surface area contributed by atoms with Gasteiger partial charge >= 0.3 is 0 Å². The molecular weight excluding hydrogens is 250 g/mol. The van der Waals surface area contributed by atoms with Crippen molar-refractivity contribution < 1.29 is 5.11 Å². The molecule has 4 heteroatoms. The average Bonchev–Trinajstić information content (AvgIpc) is 2.85. The first-order chi connectivity index (χ1) is 9.70. The van der Waals surface area contributed by atoms with Crippen LogP contribution in [0.25, 0.3) is 0 Å². The molecular formula is C16H23N3O. The Labute approximate surface area is 120 Å². The smallest absolute Gasteiger partial charge is 0.122 e. The zero-order valence-corrected chi connectivity index (χ0v) is 12.2. The summed E-state index contributed by atoms with van der Waals surface area (Å²) in [5.74, 6) is 1.05. The molecule has 0 aliphatic carbocycles. The van der Waals surface area contributed by atoms with Gasteiger partial charge in [-0.3, -0.25) is 4.90 Å². The van der Waals surface area contributed by atoms with E-state index in [0.29, 0.717) is 6.04 Å². The van der Waals surface area contributed by atoms with Crippen LogP contribution in [-0.4, -0.2) is 32.2 Å². The van der Waals surface area contributed by atoms with E-state index in [0.717, 1.165) is 25.3 Å². The van der Waals surface area contributed by atoms with Gasteiger partial charge in [-0.25, -0.2) is 4.98 Å². The summed E-state index contributed by atoms with van der Waals surface area (Å²) in [7, 11) is 2.01. The molecule has 0 fully saturated rings. The molecule has 1 aromatic carbocycles. The highest BCUT2D eigenvalue weighted by Gasteiger charge is 2.16. The molecule has 2 aromatic rings. The number of hydrogen-bond acceptors (Lipinski definition) is 3. The van der Waals surface area contributed by atoms with Crippen molar-refractivity contribution in [3.05, 3.63) is 54.1 Å². The number of imidazole rings is 1. The summed E-state index contributed by atoms with van der Waals surface area (Å²) in [4.78, 5) is 6.75. The normalized spacial score (nSPS) is 12.8. The third-order valence-electron chi connectivity index (χ3n) is 3.66. The van der Waals surface area contributed by atoms with Crippen LogP contribution in [0.3, 0.4) is 0 Å². The quantitative estimate of drug-likeness (QED) is 0.841. The van der Waals surface area contributed by atoms with Crippen molar-refractivity contribution in [2.24, 2.45) is 7.05 Å². The van der Waals surface area contributed by atoms with Gasteiger partial charge in [-0.05, 0) is 18.9 Å². The molecule has 1 unspecified atom stereocenters. The number of rotatable bonds is 7. The fourth-order valence-electron chi connectivity index (χ4n) is 2.29. The van der Waals surface area contributed by atoms with Crippen LogP contribution in [0.4, 0.5) is 0 Å². The minimum absolute atomic E-state index is 0.215. The summed E-state index contributed by atoms with van der Waals surface area (Å²) in [5.41, 5.74) is 1.28. The van der Waals surface area contributed by atoms with Crippen LogP contribution in [-0.2, 0) is 20.1 Å². The number of benzene rings is 1. The largest absolute Gasteiger partial charge is 0.396 e. The maximum atomic E-state index is 9.18. The monoisotopic (exact) mass is 273 g/mol. The number of hydrogen-bond donors (Lipinski definition) is 1. The highest BCUT2D eigenvalue weighted by Crippen LogP contribution is 2.14. The topological polar surface area (TPSA) is 41.3 Å². The summed E-state index contributed by atoms with van der Waals surface area (Å²) in [6.45, 7) is 4.03. The third-order valence-corrected chi connectivity index (χ3v) is 3.66. The molecule has 1 heterocycles. The van der Waals surface area contributed by atoms with Crippen molar-refractivity contribution in [2.45, 2.75) is 32.5 Å². The van der Waals surface area contributed by atoms with E-state index in [4.69, 9.17) is 0 Å². The van der Waals surface area contributed by atoms with E-state index < -0.39 is 0 Å². The predicted octanol–water partition coefficient (Wildman–Crippen LogP) is 2.19. The van der Waals surface area contributed by atoms with Crippen LogP contribution in [0.2, 0.25) is 0 Å². The molecule has 0 saturated heterocycles. The number of aryl methyl sites for hydroxylation is 1. The lowest BCUT2D eigenvalue weighted by molar-refractivity contribution is 0.149. The molecule has 0 saturated carbocycles. The second kappa shape index (κ2) is 7.22. The van der Waals surface area contributed by atoms with E-state index in [1.54, 1.807) is 0 Å². The summed E-state index contributed by atoms with van der Waals surface area (Å²) in [6.07, 6.45) is 4.57. The van der Waals surface area contributed by atoms with Gasteiger partial charge in [0.25, 0.3) is 0 Å². The van der Waals surface area contributed by atoms with Crippen LogP contribution in [0.15, 0.2) is 42.7 Å². The molecule has 0 amide bonds. The number of aromatic nitrogens is 2. The van der Waals surface area contributed by atoms with Crippen LogP contribution in [0.5, 0.6) is 0 Å². The second-order valence-corrected chi connectivity index (χ2v) is 5.21. The molecule has 0 spiro atoms. The van der Waals surface area contributed by atoms with Gasteiger partial charge in [0.2, 0.25) is 0 Å². The summed E-state index contributed by atoms with van der Waals surface area (Å²) in [6, 6.07) is 10.7. The maximum Gasteiger partial charge on any atom is 0.122 e. The third kappa shape index (κ3) is 3.92. The van der Waals surface area contributed by atoms with Crippen molar-refractivity contribution in [3.63, 3.8) is 0 Å². The SMILES string of the molecule is CC(CCO)N(Cc1ccccc1)Cc1nccn1C. The van der Waals surface area contributed by atoms with Gasteiger partial charge in [0.05, 0.1) is 6.54 Å². The van der Waals surface area contributed by atoms with Gasteiger partial charge in [0.15, 0.2) is 0 Å². The Hall–Kier alpha value is -1.65. The van der Waals surface area contributed by atoms with Crippen LogP contribution in [0, 0.1) is 0 Å². The maximum absolute atomic E-state index is 9.18. The van der Waals surface area contributed by atoms with Gasteiger partial charge in [0, 0.05) is 38.6 Å². The van der Waals surface area contributed by atoms with E-state index in [2.05, 4.69) is 41.1 Å². The predicted molar refractivity (Wildman–Crippen MR) is 80.1 cm³/mol. The average molecular weight is 273 g/mol. The zero-order chi connectivity index (χ0) is 14.4. The van der Waals surface area contributed by atoms with Crippen molar-refractivity contribution in [2.75, 3.05) is 6.61 Å². The zero-order valence-electron chi connectivity index (χ0n) is 12.2. The minimum atomic E-state index is 0.215. The molecule has 1 atom stereocenters. The Bertz CT molecular complexity index is 509. The number of aliphatic hydroxyl groups is 1. The molecule has 4 nitrogen and oxygen atoms in total. The van der Waals surface area contributed by atoms with Gasteiger partial charge in [-0.15, -0.1) is 0 Å². The van der Waals surface area contributed by atoms with Gasteiger partial charge in [-0.1, -0.05) is 30.3 Å². The Kier molecular flexibility index (Phi) is 5.32. The molecule has 20 heavy (non-hydrogen) atoms. The molecule has 0 aliphatic heterocycles. The van der Waals surface area contributed by atoms with Crippen molar-refractivity contribution in [1.82, 2.24) is 14.5 Å². The Morgan fingerprint density at radius 2 is 2.00 bits per heavy atom.